The fourth-order valence-corrected chi connectivity index (χ4v) is 4.79. The minimum atomic E-state index is -1.01. The van der Waals surface area contributed by atoms with Crippen molar-refractivity contribution in [2.45, 2.75) is 63.3 Å². The van der Waals surface area contributed by atoms with Crippen molar-refractivity contribution in [1.29, 1.82) is 0 Å². The van der Waals surface area contributed by atoms with Gasteiger partial charge in [-0.1, -0.05) is 36.4 Å². The van der Waals surface area contributed by atoms with E-state index in [-0.39, 0.29) is 31.0 Å². The molecule has 2 aliphatic heterocycles. The Morgan fingerprint density at radius 1 is 1.20 bits per heavy atom. The molecular formula is C27H33FN2O5. The van der Waals surface area contributed by atoms with Gasteiger partial charge < -0.3 is 24.8 Å². The summed E-state index contributed by atoms with van der Waals surface area (Å²) in [7, 11) is 0. The molecule has 7 nitrogen and oxygen atoms in total. The average Bonchev–Trinajstić information content (AvgIpc) is 2.83. The number of hydrogen-bond donors (Lipinski definition) is 2. The van der Waals surface area contributed by atoms with Crippen molar-refractivity contribution in [3.63, 3.8) is 0 Å². The molecule has 2 aromatic carbocycles. The van der Waals surface area contributed by atoms with Crippen molar-refractivity contribution in [1.82, 2.24) is 10.2 Å². The fraction of sp³-hybridized carbons (Fsp3) is 0.481. The van der Waals surface area contributed by atoms with Crippen molar-refractivity contribution in [3.05, 3.63) is 71.0 Å². The summed E-state index contributed by atoms with van der Waals surface area (Å²) >= 11 is 0. The van der Waals surface area contributed by atoms with Gasteiger partial charge in [0.2, 0.25) is 0 Å². The number of rotatable bonds is 4. The highest BCUT2D eigenvalue weighted by Gasteiger charge is 2.43. The maximum absolute atomic E-state index is 13.7. The van der Waals surface area contributed by atoms with E-state index in [4.69, 9.17) is 9.47 Å². The number of benzene rings is 2. The molecule has 4 rings (SSSR count). The summed E-state index contributed by atoms with van der Waals surface area (Å²) in [4.78, 5) is 27.8. The van der Waals surface area contributed by atoms with Crippen molar-refractivity contribution in [2.75, 3.05) is 19.8 Å². The lowest BCUT2D eigenvalue weighted by Gasteiger charge is -2.43. The summed E-state index contributed by atoms with van der Waals surface area (Å²) in [6.07, 6.45) is 0.0775. The van der Waals surface area contributed by atoms with Gasteiger partial charge in [0, 0.05) is 6.54 Å². The smallest absolute Gasteiger partial charge is 0.408 e. The first-order valence-electron chi connectivity index (χ1n) is 12.0. The minimum Gasteiger partial charge on any atom is -0.444 e. The van der Waals surface area contributed by atoms with Crippen molar-refractivity contribution in [3.8, 4) is 0 Å². The number of alkyl carbamates (subject to hydrolysis) is 1. The maximum Gasteiger partial charge on any atom is 0.408 e. The molecule has 0 bridgehead atoms. The van der Waals surface area contributed by atoms with Crippen LogP contribution in [0.25, 0.3) is 0 Å². The molecule has 8 heteroatoms. The Morgan fingerprint density at radius 3 is 2.54 bits per heavy atom. The Kier molecular flexibility index (Phi) is 7.15. The number of fused-ring (bicyclic) bond motifs is 1. The van der Waals surface area contributed by atoms with Crippen LogP contribution in [-0.2, 0) is 20.7 Å². The lowest BCUT2D eigenvalue weighted by molar-refractivity contribution is -0.153. The molecule has 0 radical (unpaired) electrons. The number of nitrogens with one attached hydrogen (secondary N) is 1. The van der Waals surface area contributed by atoms with E-state index in [9.17, 15) is 19.1 Å². The molecule has 2 amide bonds. The topological polar surface area (TPSA) is 88.1 Å². The van der Waals surface area contributed by atoms with E-state index < -0.39 is 23.3 Å². The normalized spacial score (nSPS) is 24.4. The summed E-state index contributed by atoms with van der Waals surface area (Å²) in [5.41, 5.74) is 1.33. The Bertz CT molecular complexity index is 1060. The fourth-order valence-electron chi connectivity index (χ4n) is 4.79. The number of carbonyl (C=O) groups excluding carboxylic acids is 2. The second kappa shape index (κ2) is 9.95. The second-order valence-corrected chi connectivity index (χ2v) is 10.3. The van der Waals surface area contributed by atoms with Gasteiger partial charge in [-0.05, 0) is 68.9 Å². The minimum absolute atomic E-state index is 0.00914. The third-order valence-corrected chi connectivity index (χ3v) is 6.54. The van der Waals surface area contributed by atoms with Crippen LogP contribution < -0.4 is 5.32 Å². The summed E-state index contributed by atoms with van der Waals surface area (Å²) in [5, 5.41) is 12.7. The number of nitrogens with zero attached hydrogens (tertiary/aromatic N) is 1. The zero-order chi connectivity index (χ0) is 25.2. The van der Waals surface area contributed by atoms with Gasteiger partial charge in [0.25, 0.3) is 5.91 Å². The molecule has 188 valence electrons. The van der Waals surface area contributed by atoms with Crippen molar-refractivity contribution < 1.29 is 28.6 Å². The third-order valence-electron chi connectivity index (χ3n) is 6.54. The lowest BCUT2D eigenvalue weighted by Crippen LogP contribution is -2.60. The SMILES string of the molecule is CC(C)(C)OC(=O)N[C@]1(CO)CC[C@H](C(=O)N2CCc3ccccc3[C@@H]2c2ccc(F)cc2)OC1. The molecule has 0 unspecified atom stereocenters. The number of ether oxygens (including phenoxy) is 2. The van der Waals surface area contributed by atoms with Gasteiger partial charge in [-0.15, -0.1) is 0 Å². The summed E-state index contributed by atoms with van der Waals surface area (Å²) in [6.45, 7) is 5.46. The van der Waals surface area contributed by atoms with Gasteiger partial charge >= 0.3 is 6.09 Å². The number of aliphatic hydroxyl groups excluding tert-OH is 1. The Morgan fingerprint density at radius 2 is 1.91 bits per heavy atom. The first kappa shape index (κ1) is 25.1. The molecule has 2 N–H and O–H groups in total. The molecule has 2 aromatic rings. The van der Waals surface area contributed by atoms with Crippen LogP contribution in [0.15, 0.2) is 48.5 Å². The molecule has 3 atom stereocenters. The van der Waals surface area contributed by atoms with E-state index in [1.54, 1.807) is 37.8 Å². The van der Waals surface area contributed by atoms with Gasteiger partial charge in [0.1, 0.15) is 17.5 Å². The highest BCUT2D eigenvalue weighted by molar-refractivity contribution is 5.82. The highest BCUT2D eigenvalue weighted by Crippen LogP contribution is 2.37. The van der Waals surface area contributed by atoms with Gasteiger partial charge in [-0.3, -0.25) is 4.79 Å². The number of amides is 2. The first-order valence-corrected chi connectivity index (χ1v) is 12.0. The van der Waals surface area contributed by atoms with E-state index in [2.05, 4.69) is 11.4 Å². The van der Waals surface area contributed by atoms with Crippen LogP contribution in [0, 0.1) is 5.82 Å². The largest absolute Gasteiger partial charge is 0.444 e. The predicted molar refractivity (Wildman–Crippen MR) is 128 cm³/mol. The molecule has 0 saturated carbocycles. The van der Waals surface area contributed by atoms with Crippen LogP contribution in [0.1, 0.15) is 56.3 Å². The quantitative estimate of drug-likeness (QED) is 0.691. The number of aliphatic hydroxyl groups is 1. The van der Waals surface area contributed by atoms with Gasteiger partial charge in [-0.2, -0.15) is 0 Å². The maximum atomic E-state index is 13.7. The van der Waals surface area contributed by atoms with Crippen LogP contribution in [0.4, 0.5) is 9.18 Å². The van der Waals surface area contributed by atoms with E-state index in [0.717, 1.165) is 16.7 Å². The first-order chi connectivity index (χ1) is 16.6. The van der Waals surface area contributed by atoms with E-state index in [0.29, 0.717) is 25.8 Å². The Labute approximate surface area is 205 Å². The predicted octanol–water partition coefficient (Wildman–Crippen LogP) is 3.73. The second-order valence-electron chi connectivity index (χ2n) is 10.3. The zero-order valence-electron chi connectivity index (χ0n) is 20.4. The summed E-state index contributed by atoms with van der Waals surface area (Å²) in [6, 6.07) is 13.9. The van der Waals surface area contributed by atoms with Gasteiger partial charge in [0.05, 0.1) is 24.8 Å². The zero-order valence-corrected chi connectivity index (χ0v) is 20.4. The van der Waals surface area contributed by atoms with Crippen LogP contribution in [0.3, 0.4) is 0 Å². The summed E-state index contributed by atoms with van der Waals surface area (Å²) in [5.74, 6) is -0.484. The van der Waals surface area contributed by atoms with Crippen LogP contribution in [0.2, 0.25) is 0 Å². The van der Waals surface area contributed by atoms with E-state index in [1.807, 2.05) is 18.2 Å². The molecule has 0 spiro atoms. The molecule has 0 aliphatic carbocycles. The standard InChI is InChI=1S/C27H33FN2O5/c1-26(2,3)35-25(33)29-27(16-31)14-12-22(34-17-27)24(32)30-15-13-18-6-4-5-7-21(18)23(30)19-8-10-20(28)11-9-19/h4-11,22-23,31H,12-17H2,1-3H3,(H,29,33)/t22-,23+,27+/m1/s1. The molecular weight excluding hydrogens is 451 g/mol. The van der Waals surface area contributed by atoms with Crippen LogP contribution >= 0.6 is 0 Å². The van der Waals surface area contributed by atoms with Gasteiger partial charge in [-0.25, -0.2) is 9.18 Å². The van der Waals surface area contributed by atoms with Crippen LogP contribution in [-0.4, -0.2) is 59.0 Å². The van der Waals surface area contributed by atoms with Crippen molar-refractivity contribution in [2.24, 2.45) is 0 Å². The highest BCUT2D eigenvalue weighted by atomic mass is 19.1. The Balaban J connectivity index is 1.51. The van der Waals surface area contributed by atoms with Crippen molar-refractivity contribution >= 4 is 12.0 Å². The average molecular weight is 485 g/mol. The molecule has 2 heterocycles. The molecule has 2 aliphatic rings. The number of carbonyl (C=O) groups is 2. The van der Waals surface area contributed by atoms with Crippen LogP contribution in [0.5, 0.6) is 0 Å². The molecule has 1 fully saturated rings. The number of hydrogen-bond acceptors (Lipinski definition) is 5. The van der Waals surface area contributed by atoms with E-state index >= 15 is 0 Å². The monoisotopic (exact) mass is 484 g/mol. The Hall–Kier alpha value is -2.97. The lowest BCUT2D eigenvalue weighted by atomic mass is 9.86. The molecule has 35 heavy (non-hydrogen) atoms. The van der Waals surface area contributed by atoms with E-state index in [1.165, 1.54) is 12.1 Å². The molecule has 1 saturated heterocycles. The summed E-state index contributed by atoms with van der Waals surface area (Å²) < 4.78 is 24.9. The third kappa shape index (κ3) is 5.65. The molecule has 0 aromatic heterocycles. The number of halogens is 1. The van der Waals surface area contributed by atoms with Gasteiger partial charge in [0.15, 0.2) is 0 Å².